The zero-order chi connectivity index (χ0) is 16.0. The molecule has 2 N–H and O–H groups in total. The van der Waals surface area contributed by atoms with Gasteiger partial charge in [-0.3, -0.25) is 10.1 Å². The van der Waals surface area contributed by atoms with Crippen molar-refractivity contribution in [3.63, 3.8) is 0 Å². The molecule has 7 nitrogen and oxygen atoms in total. The summed E-state index contributed by atoms with van der Waals surface area (Å²) >= 11 is 0. The molecule has 0 aromatic heterocycles. The predicted molar refractivity (Wildman–Crippen MR) is 80.6 cm³/mol. The number of nitrogens with one attached hydrogen (secondary N) is 2. The summed E-state index contributed by atoms with van der Waals surface area (Å²) in [5, 5.41) is 16.4. The van der Waals surface area contributed by atoms with Crippen molar-refractivity contribution in [2.75, 3.05) is 18.4 Å². The first kappa shape index (κ1) is 16.7. The lowest BCUT2D eigenvalue weighted by molar-refractivity contribution is -0.385. The molecule has 0 unspecified atom stereocenters. The minimum atomic E-state index is -0.521. The van der Waals surface area contributed by atoms with E-state index in [1.165, 1.54) is 6.07 Å². The van der Waals surface area contributed by atoms with Crippen molar-refractivity contribution in [2.45, 2.75) is 33.3 Å². The predicted octanol–water partition coefficient (Wildman–Crippen LogP) is 2.84. The van der Waals surface area contributed by atoms with Crippen LogP contribution in [0.25, 0.3) is 0 Å². The summed E-state index contributed by atoms with van der Waals surface area (Å²) in [5.74, 6) is 0. The van der Waals surface area contributed by atoms with E-state index in [0.717, 1.165) is 5.69 Å². The quantitative estimate of drug-likeness (QED) is 0.495. The summed E-state index contributed by atoms with van der Waals surface area (Å²) in [5.41, 5.74) is 0.925. The first-order valence-corrected chi connectivity index (χ1v) is 6.65. The van der Waals surface area contributed by atoms with Crippen molar-refractivity contribution in [1.82, 2.24) is 5.32 Å². The number of hydrogen-bond donors (Lipinski definition) is 2. The second kappa shape index (κ2) is 6.92. The van der Waals surface area contributed by atoms with Crippen LogP contribution in [0.3, 0.4) is 0 Å². The van der Waals surface area contributed by atoms with Gasteiger partial charge in [0, 0.05) is 30.4 Å². The van der Waals surface area contributed by atoms with Gasteiger partial charge in [-0.2, -0.15) is 0 Å². The van der Waals surface area contributed by atoms with Crippen LogP contribution in [0.2, 0.25) is 0 Å². The third-order valence-electron chi connectivity index (χ3n) is 2.52. The van der Waals surface area contributed by atoms with Gasteiger partial charge in [-0.15, -0.1) is 0 Å². The lowest BCUT2D eigenvalue weighted by Gasteiger charge is -2.19. The van der Waals surface area contributed by atoms with Gasteiger partial charge in [0.1, 0.15) is 5.60 Å². The van der Waals surface area contributed by atoms with Gasteiger partial charge in [-0.05, 0) is 39.8 Å². The average Bonchev–Trinajstić information content (AvgIpc) is 2.32. The summed E-state index contributed by atoms with van der Waals surface area (Å²) < 4.78 is 5.10. The summed E-state index contributed by atoms with van der Waals surface area (Å²) in [4.78, 5) is 21.7. The Morgan fingerprint density at radius 2 is 2.00 bits per heavy atom. The first-order chi connectivity index (χ1) is 9.69. The molecule has 0 radical (unpaired) electrons. The van der Waals surface area contributed by atoms with Crippen LogP contribution in [-0.2, 0) is 4.74 Å². The molecule has 1 amide bonds. The Bertz CT molecular complexity index is 523. The van der Waals surface area contributed by atoms with Gasteiger partial charge in [0.2, 0.25) is 0 Å². The van der Waals surface area contributed by atoms with Crippen LogP contribution in [0.4, 0.5) is 16.2 Å². The van der Waals surface area contributed by atoms with Crippen molar-refractivity contribution in [2.24, 2.45) is 0 Å². The number of carbonyl (C=O) groups excluding carboxylic acids is 1. The lowest BCUT2D eigenvalue weighted by atomic mass is 10.2. The Hall–Kier alpha value is -2.31. The van der Waals surface area contributed by atoms with Gasteiger partial charge in [0.25, 0.3) is 5.69 Å². The van der Waals surface area contributed by atoms with Gasteiger partial charge >= 0.3 is 6.09 Å². The van der Waals surface area contributed by atoms with E-state index < -0.39 is 16.6 Å². The van der Waals surface area contributed by atoms with E-state index in [1.54, 1.807) is 39.8 Å². The summed E-state index contributed by atoms with van der Waals surface area (Å²) in [7, 11) is 0. The monoisotopic (exact) mass is 295 g/mol. The third-order valence-corrected chi connectivity index (χ3v) is 2.52. The van der Waals surface area contributed by atoms with Crippen LogP contribution in [0.5, 0.6) is 0 Å². The molecule has 21 heavy (non-hydrogen) atoms. The number of amides is 1. The second-order valence-corrected chi connectivity index (χ2v) is 5.61. The number of anilines is 1. The molecular weight excluding hydrogens is 274 g/mol. The SMILES string of the molecule is Cc1cc(NCCNC(=O)OC(C)(C)C)ccc1[N+](=O)[O-]. The van der Waals surface area contributed by atoms with E-state index in [9.17, 15) is 14.9 Å². The molecule has 0 fully saturated rings. The van der Waals surface area contributed by atoms with Gasteiger partial charge in [0.15, 0.2) is 0 Å². The van der Waals surface area contributed by atoms with E-state index in [-0.39, 0.29) is 5.69 Å². The van der Waals surface area contributed by atoms with Crippen molar-refractivity contribution >= 4 is 17.5 Å². The third kappa shape index (κ3) is 6.11. The van der Waals surface area contributed by atoms with Crippen LogP contribution in [0.15, 0.2) is 18.2 Å². The maximum atomic E-state index is 11.4. The Morgan fingerprint density at radius 3 is 2.52 bits per heavy atom. The Morgan fingerprint density at radius 1 is 1.33 bits per heavy atom. The number of benzene rings is 1. The topological polar surface area (TPSA) is 93.5 Å². The summed E-state index contributed by atoms with van der Waals surface area (Å²) in [6.45, 7) is 7.96. The van der Waals surface area contributed by atoms with Gasteiger partial charge < -0.3 is 15.4 Å². The standard InChI is InChI=1S/C14H21N3O4/c1-10-9-11(5-6-12(10)17(19)20)15-7-8-16-13(18)21-14(2,3)4/h5-6,9,15H,7-8H2,1-4H3,(H,16,18). The maximum absolute atomic E-state index is 11.4. The number of nitro groups is 1. The first-order valence-electron chi connectivity index (χ1n) is 6.65. The molecule has 1 rings (SSSR count). The number of nitro benzene ring substituents is 1. The highest BCUT2D eigenvalue weighted by Crippen LogP contribution is 2.21. The smallest absolute Gasteiger partial charge is 0.407 e. The van der Waals surface area contributed by atoms with E-state index in [1.807, 2.05) is 0 Å². The average molecular weight is 295 g/mol. The van der Waals surface area contributed by atoms with E-state index in [0.29, 0.717) is 18.7 Å². The minimum Gasteiger partial charge on any atom is -0.444 e. The molecule has 0 saturated carbocycles. The van der Waals surface area contributed by atoms with Gasteiger partial charge in [-0.25, -0.2) is 4.79 Å². The fourth-order valence-electron chi connectivity index (χ4n) is 1.66. The molecule has 0 aliphatic rings. The zero-order valence-corrected chi connectivity index (χ0v) is 12.7. The van der Waals surface area contributed by atoms with Crippen LogP contribution in [-0.4, -0.2) is 29.7 Å². The number of rotatable bonds is 5. The molecule has 116 valence electrons. The number of nitrogens with zero attached hydrogens (tertiary/aromatic N) is 1. The van der Waals surface area contributed by atoms with E-state index >= 15 is 0 Å². The van der Waals surface area contributed by atoms with Gasteiger partial charge in [0.05, 0.1) is 4.92 Å². The molecule has 7 heteroatoms. The Kier molecular flexibility index (Phi) is 5.52. The summed E-state index contributed by atoms with van der Waals surface area (Å²) in [6.07, 6.45) is -0.468. The van der Waals surface area contributed by atoms with Crippen LogP contribution in [0, 0.1) is 17.0 Å². The van der Waals surface area contributed by atoms with Crippen molar-refractivity contribution in [1.29, 1.82) is 0 Å². The second-order valence-electron chi connectivity index (χ2n) is 5.61. The van der Waals surface area contributed by atoms with Crippen LogP contribution >= 0.6 is 0 Å². The molecule has 1 aromatic rings. The Labute approximate surface area is 123 Å². The normalized spacial score (nSPS) is 10.9. The number of carbonyl (C=O) groups is 1. The number of aryl methyl sites for hydroxylation is 1. The molecule has 0 bridgehead atoms. The fourth-order valence-corrected chi connectivity index (χ4v) is 1.66. The molecule has 0 heterocycles. The van der Waals surface area contributed by atoms with E-state index in [2.05, 4.69) is 10.6 Å². The van der Waals surface area contributed by atoms with Crippen molar-refractivity contribution in [3.05, 3.63) is 33.9 Å². The molecule has 0 saturated heterocycles. The van der Waals surface area contributed by atoms with Crippen LogP contribution in [0.1, 0.15) is 26.3 Å². The van der Waals surface area contributed by atoms with Crippen LogP contribution < -0.4 is 10.6 Å². The van der Waals surface area contributed by atoms with Crippen molar-refractivity contribution in [3.8, 4) is 0 Å². The molecule has 0 aliphatic heterocycles. The van der Waals surface area contributed by atoms with E-state index in [4.69, 9.17) is 4.74 Å². The highest BCUT2D eigenvalue weighted by Gasteiger charge is 2.15. The molecular formula is C14H21N3O4. The highest BCUT2D eigenvalue weighted by atomic mass is 16.6. The fraction of sp³-hybridized carbons (Fsp3) is 0.500. The minimum absolute atomic E-state index is 0.0902. The van der Waals surface area contributed by atoms with Crippen molar-refractivity contribution < 1.29 is 14.5 Å². The number of ether oxygens (including phenoxy) is 1. The van der Waals surface area contributed by atoms with Gasteiger partial charge in [-0.1, -0.05) is 0 Å². The molecule has 1 aromatic carbocycles. The largest absolute Gasteiger partial charge is 0.444 e. The summed E-state index contributed by atoms with van der Waals surface area (Å²) in [6, 6.07) is 4.79. The molecule has 0 spiro atoms. The Balaban J connectivity index is 2.38. The molecule has 0 atom stereocenters. The zero-order valence-electron chi connectivity index (χ0n) is 12.7. The maximum Gasteiger partial charge on any atom is 0.407 e. The lowest BCUT2D eigenvalue weighted by Crippen LogP contribution is -2.34. The molecule has 0 aliphatic carbocycles. The number of alkyl carbamates (subject to hydrolysis) is 1. The number of hydrogen-bond acceptors (Lipinski definition) is 5. The highest BCUT2D eigenvalue weighted by molar-refractivity contribution is 5.67.